The van der Waals surface area contributed by atoms with Crippen molar-refractivity contribution >= 4 is 71.4 Å². The SMILES string of the molecule is c1ccc(-c2ccc(N(c3cc4c5ccccc5ccc4c4ccccc34)c3cccc4c3oc3cccnc34)cc2)cc1. The molecule has 0 fully saturated rings. The summed E-state index contributed by atoms with van der Waals surface area (Å²) in [4.78, 5) is 7.02. The maximum atomic E-state index is 6.57. The van der Waals surface area contributed by atoms with E-state index >= 15 is 0 Å². The van der Waals surface area contributed by atoms with Crippen molar-refractivity contribution in [2.24, 2.45) is 0 Å². The Labute approximate surface area is 254 Å². The molecule has 0 unspecified atom stereocenters. The molecule has 2 heterocycles. The lowest BCUT2D eigenvalue weighted by Gasteiger charge is -2.28. The van der Waals surface area contributed by atoms with Crippen LogP contribution in [-0.4, -0.2) is 4.98 Å². The van der Waals surface area contributed by atoms with E-state index in [0.717, 1.165) is 39.1 Å². The van der Waals surface area contributed by atoms with Gasteiger partial charge < -0.3 is 9.32 Å². The van der Waals surface area contributed by atoms with Crippen LogP contribution in [0.1, 0.15) is 0 Å². The van der Waals surface area contributed by atoms with Crippen LogP contribution in [0.3, 0.4) is 0 Å². The molecule has 0 atom stereocenters. The minimum atomic E-state index is 0.781. The van der Waals surface area contributed by atoms with Crippen molar-refractivity contribution in [3.05, 3.63) is 158 Å². The fourth-order valence-electron chi connectivity index (χ4n) is 6.65. The van der Waals surface area contributed by atoms with E-state index in [1.807, 2.05) is 18.3 Å². The number of hydrogen-bond donors (Lipinski definition) is 0. The predicted molar refractivity (Wildman–Crippen MR) is 184 cm³/mol. The van der Waals surface area contributed by atoms with Crippen molar-refractivity contribution in [2.45, 2.75) is 0 Å². The minimum absolute atomic E-state index is 0.781. The molecule has 0 radical (unpaired) electrons. The smallest absolute Gasteiger partial charge is 0.161 e. The molecule has 0 saturated carbocycles. The number of benzene rings is 7. The van der Waals surface area contributed by atoms with E-state index in [0.29, 0.717) is 0 Å². The molecule has 3 nitrogen and oxygen atoms in total. The summed E-state index contributed by atoms with van der Waals surface area (Å²) in [6.07, 6.45) is 1.83. The lowest BCUT2D eigenvalue weighted by molar-refractivity contribution is 0.668. The highest BCUT2D eigenvalue weighted by atomic mass is 16.3. The topological polar surface area (TPSA) is 29.3 Å². The molecule has 3 heteroatoms. The number of pyridine rings is 1. The van der Waals surface area contributed by atoms with Gasteiger partial charge >= 0.3 is 0 Å². The Morgan fingerprint density at radius 3 is 2.02 bits per heavy atom. The van der Waals surface area contributed by atoms with Crippen molar-refractivity contribution in [3.63, 3.8) is 0 Å². The first-order valence-corrected chi connectivity index (χ1v) is 14.9. The third kappa shape index (κ3) is 3.80. The summed E-state index contributed by atoms with van der Waals surface area (Å²) in [5.41, 5.74) is 7.96. The van der Waals surface area contributed by atoms with Gasteiger partial charge in [0.2, 0.25) is 0 Å². The van der Waals surface area contributed by atoms with E-state index in [4.69, 9.17) is 4.42 Å². The number of aromatic nitrogens is 1. The standard InChI is InChI=1S/C41H26N2O/c1-2-10-27(11-3-1)28-19-22-30(23-20-28)43(37-17-8-16-35-40-39(44-41(35)37)18-9-25-42-40)38-26-36-31-13-5-4-12-29(31)21-24-33(36)32-14-6-7-15-34(32)38/h1-26H. The van der Waals surface area contributed by atoms with Crippen LogP contribution >= 0.6 is 0 Å². The highest BCUT2D eigenvalue weighted by molar-refractivity contribution is 6.22. The molecule has 7 aromatic carbocycles. The van der Waals surface area contributed by atoms with Crippen molar-refractivity contribution < 1.29 is 4.42 Å². The first-order chi connectivity index (χ1) is 21.8. The average molecular weight is 563 g/mol. The zero-order chi connectivity index (χ0) is 29.0. The summed E-state index contributed by atoms with van der Waals surface area (Å²) >= 11 is 0. The lowest BCUT2D eigenvalue weighted by Crippen LogP contribution is -2.11. The number of nitrogens with zero attached hydrogens (tertiary/aromatic N) is 2. The quantitative estimate of drug-likeness (QED) is 0.200. The minimum Gasteiger partial charge on any atom is -0.452 e. The Kier molecular flexibility index (Phi) is 5.50. The van der Waals surface area contributed by atoms with Crippen molar-refractivity contribution in [1.29, 1.82) is 0 Å². The molecule has 9 rings (SSSR count). The number of hydrogen-bond acceptors (Lipinski definition) is 3. The molecule has 44 heavy (non-hydrogen) atoms. The van der Waals surface area contributed by atoms with E-state index < -0.39 is 0 Å². The zero-order valence-electron chi connectivity index (χ0n) is 23.8. The largest absolute Gasteiger partial charge is 0.452 e. The normalized spacial score (nSPS) is 11.6. The fraction of sp³-hybridized carbons (Fsp3) is 0. The predicted octanol–water partition coefficient (Wildman–Crippen LogP) is 11.6. The van der Waals surface area contributed by atoms with Gasteiger partial charge in [0.15, 0.2) is 11.2 Å². The molecule has 0 amide bonds. The number of furan rings is 1. The zero-order valence-corrected chi connectivity index (χ0v) is 23.8. The lowest BCUT2D eigenvalue weighted by atomic mass is 9.95. The molecule has 0 aliphatic heterocycles. The Bertz CT molecular complexity index is 2490. The number of fused-ring (bicyclic) bond motifs is 8. The van der Waals surface area contributed by atoms with Gasteiger partial charge in [0, 0.05) is 22.7 Å². The Morgan fingerprint density at radius 2 is 1.16 bits per heavy atom. The molecule has 0 aliphatic carbocycles. The summed E-state index contributed by atoms with van der Waals surface area (Å²) in [6.45, 7) is 0. The fourth-order valence-corrected chi connectivity index (χ4v) is 6.65. The van der Waals surface area contributed by atoms with E-state index in [1.165, 1.54) is 43.4 Å². The molecular formula is C41H26N2O. The van der Waals surface area contributed by atoms with Crippen LogP contribution in [0.5, 0.6) is 0 Å². The highest BCUT2D eigenvalue weighted by Crippen LogP contribution is 2.46. The third-order valence-electron chi connectivity index (χ3n) is 8.69. The second-order valence-corrected chi connectivity index (χ2v) is 11.2. The van der Waals surface area contributed by atoms with Gasteiger partial charge in [-0.15, -0.1) is 0 Å². The molecular weight excluding hydrogens is 536 g/mol. The number of para-hydroxylation sites is 1. The molecule has 0 spiro atoms. The van der Waals surface area contributed by atoms with Crippen molar-refractivity contribution in [1.82, 2.24) is 4.98 Å². The van der Waals surface area contributed by atoms with Gasteiger partial charge in [0.25, 0.3) is 0 Å². The van der Waals surface area contributed by atoms with Gasteiger partial charge in [-0.05, 0) is 80.5 Å². The van der Waals surface area contributed by atoms with Crippen molar-refractivity contribution in [2.75, 3.05) is 4.90 Å². The summed E-state index contributed by atoms with van der Waals surface area (Å²) in [5, 5.41) is 8.33. The number of anilines is 3. The second-order valence-electron chi connectivity index (χ2n) is 11.2. The summed E-state index contributed by atoms with van der Waals surface area (Å²) in [5.74, 6) is 0. The van der Waals surface area contributed by atoms with Crippen LogP contribution in [0.2, 0.25) is 0 Å². The Hall–Kier alpha value is -5.93. The summed E-state index contributed by atoms with van der Waals surface area (Å²) < 4.78 is 6.57. The molecule has 9 aromatic rings. The van der Waals surface area contributed by atoms with E-state index in [-0.39, 0.29) is 0 Å². The molecule has 0 saturated heterocycles. The summed E-state index contributed by atoms with van der Waals surface area (Å²) in [6, 6.07) is 53.8. The maximum Gasteiger partial charge on any atom is 0.161 e. The van der Waals surface area contributed by atoms with Crippen molar-refractivity contribution in [3.8, 4) is 11.1 Å². The molecule has 206 valence electrons. The van der Waals surface area contributed by atoms with E-state index in [9.17, 15) is 0 Å². The van der Waals surface area contributed by atoms with Crippen LogP contribution in [-0.2, 0) is 0 Å². The molecule has 2 aromatic heterocycles. The summed E-state index contributed by atoms with van der Waals surface area (Å²) in [7, 11) is 0. The molecule has 0 bridgehead atoms. The van der Waals surface area contributed by atoms with Gasteiger partial charge in [-0.2, -0.15) is 0 Å². The Balaban J connectivity index is 1.38. The Morgan fingerprint density at radius 1 is 0.455 bits per heavy atom. The highest BCUT2D eigenvalue weighted by Gasteiger charge is 2.22. The van der Waals surface area contributed by atoms with Crippen LogP contribution in [0.25, 0.3) is 65.5 Å². The van der Waals surface area contributed by atoms with E-state index in [1.54, 1.807) is 0 Å². The van der Waals surface area contributed by atoms with Crippen LogP contribution in [0, 0.1) is 0 Å². The maximum absolute atomic E-state index is 6.57. The van der Waals surface area contributed by atoms with Gasteiger partial charge in [-0.3, -0.25) is 4.98 Å². The third-order valence-corrected chi connectivity index (χ3v) is 8.69. The first-order valence-electron chi connectivity index (χ1n) is 14.9. The molecule has 0 aliphatic rings. The average Bonchev–Trinajstić information content (AvgIpc) is 3.49. The first kappa shape index (κ1) is 24.6. The van der Waals surface area contributed by atoms with Gasteiger partial charge in [-0.1, -0.05) is 109 Å². The van der Waals surface area contributed by atoms with E-state index in [2.05, 4.69) is 149 Å². The van der Waals surface area contributed by atoms with Crippen LogP contribution in [0.15, 0.2) is 162 Å². The van der Waals surface area contributed by atoms with Gasteiger partial charge in [0.1, 0.15) is 5.52 Å². The second kappa shape index (κ2) is 9.82. The van der Waals surface area contributed by atoms with Crippen LogP contribution in [0.4, 0.5) is 17.1 Å². The van der Waals surface area contributed by atoms with Gasteiger partial charge in [-0.25, -0.2) is 0 Å². The number of rotatable bonds is 4. The molecule has 0 N–H and O–H groups in total. The monoisotopic (exact) mass is 562 g/mol. The van der Waals surface area contributed by atoms with Crippen LogP contribution < -0.4 is 4.90 Å². The van der Waals surface area contributed by atoms with Gasteiger partial charge in [0.05, 0.1) is 11.4 Å².